The number of nitrogens with two attached hydrogens (primary N) is 1. The van der Waals surface area contributed by atoms with Gasteiger partial charge in [0.2, 0.25) is 0 Å². The second-order valence-corrected chi connectivity index (χ2v) is 8.29. The quantitative estimate of drug-likeness (QED) is 0.836. The Morgan fingerprint density at radius 3 is 2.45 bits per heavy atom. The molecule has 0 aromatic rings. The number of piperidine rings is 1. The van der Waals surface area contributed by atoms with Crippen LogP contribution in [-0.4, -0.2) is 48.3 Å². The van der Waals surface area contributed by atoms with Gasteiger partial charge in [-0.1, -0.05) is 12.8 Å². The van der Waals surface area contributed by atoms with Gasteiger partial charge in [0.05, 0.1) is 0 Å². The zero-order chi connectivity index (χ0) is 15.9. The minimum Gasteiger partial charge on any atom is -0.444 e. The number of hydrogen-bond donors (Lipinski definition) is 2. The van der Waals surface area contributed by atoms with E-state index in [1.165, 1.54) is 25.7 Å². The van der Waals surface area contributed by atoms with Crippen LogP contribution >= 0.6 is 0 Å². The molecule has 1 saturated heterocycles. The molecule has 5 nitrogen and oxygen atoms in total. The number of nitrogens with zero attached hydrogens (tertiary/aromatic N) is 1. The standard InChI is InChI=1S/C17H31N3O2/c1-17(2,3)22-16(21)20-9-12-13(10-20)15(12)19-14-7-5-4-6-11(14)8-18/h11-15,19H,4-10,18H2,1-3H3. The smallest absolute Gasteiger partial charge is 0.410 e. The van der Waals surface area contributed by atoms with E-state index in [1.54, 1.807) is 0 Å². The summed E-state index contributed by atoms with van der Waals surface area (Å²) in [7, 11) is 0. The van der Waals surface area contributed by atoms with Gasteiger partial charge in [-0.3, -0.25) is 0 Å². The van der Waals surface area contributed by atoms with Gasteiger partial charge in [-0.15, -0.1) is 0 Å². The van der Waals surface area contributed by atoms with E-state index in [0.717, 1.165) is 19.6 Å². The molecular formula is C17H31N3O2. The molecule has 3 aliphatic rings. The van der Waals surface area contributed by atoms with Gasteiger partial charge in [-0.2, -0.15) is 0 Å². The Balaban J connectivity index is 1.46. The topological polar surface area (TPSA) is 67.6 Å². The highest BCUT2D eigenvalue weighted by Gasteiger charge is 2.57. The summed E-state index contributed by atoms with van der Waals surface area (Å²) in [6.45, 7) is 8.24. The first-order chi connectivity index (χ1) is 10.4. The Morgan fingerprint density at radius 1 is 1.23 bits per heavy atom. The number of fused-ring (bicyclic) bond motifs is 1. The molecule has 3 fully saturated rings. The third-order valence-corrected chi connectivity index (χ3v) is 5.46. The van der Waals surface area contributed by atoms with Crippen LogP contribution in [0.25, 0.3) is 0 Å². The monoisotopic (exact) mass is 309 g/mol. The van der Waals surface area contributed by atoms with E-state index in [1.807, 2.05) is 25.7 Å². The molecule has 4 atom stereocenters. The number of carbonyl (C=O) groups excluding carboxylic acids is 1. The lowest BCUT2D eigenvalue weighted by atomic mass is 9.84. The van der Waals surface area contributed by atoms with E-state index < -0.39 is 5.60 Å². The van der Waals surface area contributed by atoms with Crippen LogP contribution in [0.5, 0.6) is 0 Å². The summed E-state index contributed by atoms with van der Waals surface area (Å²) >= 11 is 0. The minimum atomic E-state index is -0.405. The molecule has 3 N–H and O–H groups in total. The molecule has 126 valence electrons. The summed E-state index contributed by atoms with van der Waals surface area (Å²) in [6, 6.07) is 1.18. The molecule has 22 heavy (non-hydrogen) atoms. The Labute approximate surface area is 133 Å². The predicted molar refractivity (Wildman–Crippen MR) is 86.5 cm³/mol. The fraction of sp³-hybridized carbons (Fsp3) is 0.941. The van der Waals surface area contributed by atoms with Gasteiger partial charge in [0.1, 0.15) is 5.60 Å². The van der Waals surface area contributed by atoms with E-state index in [9.17, 15) is 4.79 Å². The molecule has 2 aliphatic carbocycles. The van der Waals surface area contributed by atoms with Gasteiger partial charge in [0.15, 0.2) is 0 Å². The lowest BCUT2D eigenvalue weighted by Gasteiger charge is -2.33. The maximum atomic E-state index is 12.1. The van der Waals surface area contributed by atoms with Crippen molar-refractivity contribution < 1.29 is 9.53 Å². The second kappa shape index (κ2) is 6.00. The number of nitrogens with one attached hydrogen (secondary N) is 1. The lowest BCUT2D eigenvalue weighted by Crippen LogP contribution is -2.46. The molecule has 1 aliphatic heterocycles. The molecule has 5 heteroatoms. The molecule has 3 rings (SSSR count). The van der Waals surface area contributed by atoms with Crippen molar-refractivity contribution in [2.75, 3.05) is 19.6 Å². The summed E-state index contributed by atoms with van der Waals surface area (Å²) in [5, 5.41) is 3.84. The molecule has 4 unspecified atom stereocenters. The molecule has 0 radical (unpaired) electrons. The zero-order valence-corrected chi connectivity index (χ0v) is 14.2. The highest BCUT2D eigenvalue weighted by Crippen LogP contribution is 2.46. The first kappa shape index (κ1) is 16.1. The van der Waals surface area contributed by atoms with Crippen molar-refractivity contribution in [1.82, 2.24) is 10.2 Å². The average Bonchev–Trinajstić information content (AvgIpc) is 2.90. The van der Waals surface area contributed by atoms with Crippen LogP contribution in [0.2, 0.25) is 0 Å². The van der Waals surface area contributed by atoms with Crippen LogP contribution in [-0.2, 0) is 4.74 Å². The number of amides is 1. The SMILES string of the molecule is CC(C)(C)OC(=O)N1CC2C(C1)C2NC1CCCCC1CN. The maximum absolute atomic E-state index is 12.1. The van der Waals surface area contributed by atoms with Crippen LogP contribution in [0.3, 0.4) is 0 Å². The number of rotatable bonds is 3. The van der Waals surface area contributed by atoms with Crippen molar-refractivity contribution in [3.8, 4) is 0 Å². The molecule has 2 saturated carbocycles. The maximum Gasteiger partial charge on any atom is 0.410 e. The van der Waals surface area contributed by atoms with E-state index in [4.69, 9.17) is 10.5 Å². The molecule has 0 bridgehead atoms. The van der Waals surface area contributed by atoms with Gasteiger partial charge >= 0.3 is 6.09 Å². The zero-order valence-electron chi connectivity index (χ0n) is 14.2. The second-order valence-electron chi connectivity index (χ2n) is 8.29. The number of hydrogen-bond acceptors (Lipinski definition) is 4. The minimum absolute atomic E-state index is 0.157. The molecule has 0 spiro atoms. The molecule has 1 heterocycles. The van der Waals surface area contributed by atoms with Crippen molar-refractivity contribution in [3.05, 3.63) is 0 Å². The van der Waals surface area contributed by atoms with Crippen LogP contribution < -0.4 is 11.1 Å². The number of ether oxygens (including phenoxy) is 1. The number of carbonyl (C=O) groups is 1. The van der Waals surface area contributed by atoms with E-state index >= 15 is 0 Å². The molecule has 0 aromatic heterocycles. The predicted octanol–water partition coefficient (Wildman–Crippen LogP) is 1.96. The third kappa shape index (κ3) is 3.40. The van der Waals surface area contributed by atoms with Crippen LogP contribution in [0, 0.1) is 17.8 Å². The summed E-state index contributed by atoms with van der Waals surface area (Å²) in [5.74, 6) is 1.87. The Morgan fingerprint density at radius 2 is 1.86 bits per heavy atom. The lowest BCUT2D eigenvalue weighted by molar-refractivity contribution is 0.0267. The molecular weight excluding hydrogens is 278 g/mol. The third-order valence-electron chi connectivity index (χ3n) is 5.46. The highest BCUT2D eigenvalue weighted by molar-refractivity contribution is 5.69. The summed E-state index contributed by atoms with van der Waals surface area (Å²) in [4.78, 5) is 14.0. The van der Waals surface area contributed by atoms with E-state index in [0.29, 0.717) is 29.8 Å². The Kier molecular flexibility index (Phi) is 4.38. The fourth-order valence-corrected chi connectivity index (χ4v) is 4.21. The first-order valence-corrected chi connectivity index (χ1v) is 8.83. The average molecular weight is 309 g/mol. The van der Waals surface area contributed by atoms with Crippen LogP contribution in [0.4, 0.5) is 4.79 Å². The van der Waals surface area contributed by atoms with Crippen LogP contribution in [0.1, 0.15) is 46.5 Å². The molecule has 1 amide bonds. The Hall–Kier alpha value is -0.810. The van der Waals surface area contributed by atoms with Crippen molar-refractivity contribution in [2.45, 2.75) is 64.1 Å². The van der Waals surface area contributed by atoms with Crippen LogP contribution in [0.15, 0.2) is 0 Å². The molecule has 0 aromatic carbocycles. The van der Waals surface area contributed by atoms with Crippen molar-refractivity contribution in [2.24, 2.45) is 23.5 Å². The summed E-state index contributed by atoms with van der Waals surface area (Å²) < 4.78 is 5.46. The van der Waals surface area contributed by atoms with Gasteiger partial charge in [0, 0.05) is 25.2 Å². The highest BCUT2D eigenvalue weighted by atomic mass is 16.6. The summed E-state index contributed by atoms with van der Waals surface area (Å²) in [6.07, 6.45) is 5.01. The first-order valence-electron chi connectivity index (χ1n) is 8.83. The van der Waals surface area contributed by atoms with Gasteiger partial charge in [-0.05, 0) is 57.9 Å². The van der Waals surface area contributed by atoms with E-state index in [-0.39, 0.29) is 6.09 Å². The van der Waals surface area contributed by atoms with E-state index in [2.05, 4.69) is 5.32 Å². The van der Waals surface area contributed by atoms with Gasteiger partial charge in [0.25, 0.3) is 0 Å². The van der Waals surface area contributed by atoms with Gasteiger partial charge < -0.3 is 20.7 Å². The van der Waals surface area contributed by atoms with Crippen molar-refractivity contribution in [3.63, 3.8) is 0 Å². The van der Waals surface area contributed by atoms with Gasteiger partial charge in [-0.25, -0.2) is 4.79 Å². The fourth-order valence-electron chi connectivity index (χ4n) is 4.21. The number of likely N-dealkylation sites (tertiary alicyclic amines) is 1. The largest absolute Gasteiger partial charge is 0.444 e. The normalized spacial score (nSPS) is 37.8. The Bertz CT molecular complexity index is 409. The summed E-state index contributed by atoms with van der Waals surface area (Å²) in [5.41, 5.74) is 5.51. The van der Waals surface area contributed by atoms with Crippen molar-refractivity contribution >= 4 is 6.09 Å². The van der Waals surface area contributed by atoms with Crippen molar-refractivity contribution in [1.29, 1.82) is 0 Å².